The van der Waals surface area contributed by atoms with Crippen LogP contribution in [0.1, 0.15) is 6.42 Å². The molecule has 1 fully saturated rings. The largest absolute Gasteiger partial charge is 0.504 e. The molecule has 3 N–H and O–H groups in total. The third-order valence-electron chi connectivity index (χ3n) is 3.12. The third-order valence-corrected chi connectivity index (χ3v) is 3.12. The highest BCUT2D eigenvalue weighted by molar-refractivity contribution is 5.78. The lowest BCUT2D eigenvalue weighted by Crippen LogP contribution is -2.27. The number of amides is 1. The second-order valence-corrected chi connectivity index (χ2v) is 4.19. The molecule has 0 saturated carbocycles. The van der Waals surface area contributed by atoms with Crippen LogP contribution in [0.5, 0.6) is 11.5 Å². The van der Waals surface area contributed by atoms with Gasteiger partial charge < -0.3 is 20.5 Å². The first-order chi connectivity index (χ1) is 8.11. The van der Waals surface area contributed by atoms with Crippen LogP contribution in [0.15, 0.2) is 18.2 Å². The van der Waals surface area contributed by atoms with E-state index in [2.05, 4.69) is 0 Å². The van der Waals surface area contributed by atoms with Gasteiger partial charge in [0.25, 0.3) is 0 Å². The first kappa shape index (κ1) is 11.6. The van der Waals surface area contributed by atoms with Gasteiger partial charge in [-0.3, -0.25) is 4.79 Å². The van der Waals surface area contributed by atoms with Crippen molar-refractivity contribution in [2.45, 2.75) is 6.42 Å². The normalized spacial score (nSPS) is 19.4. The van der Waals surface area contributed by atoms with Crippen molar-refractivity contribution < 1.29 is 14.6 Å². The van der Waals surface area contributed by atoms with Crippen LogP contribution >= 0.6 is 0 Å². The number of aromatic hydroxyl groups is 1. The number of phenols is 1. The molecule has 1 aromatic carbocycles. The summed E-state index contributed by atoms with van der Waals surface area (Å²) in [6, 6.07) is 5.21. The fourth-order valence-corrected chi connectivity index (χ4v) is 2.10. The Balaban J connectivity index is 2.14. The van der Waals surface area contributed by atoms with Crippen LogP contribution in [0, 0.1) is 5.92 Å². The van der Waals surface area contributed by atoms with E-state index in [-0.39, 0.29) is 17.6 Å². The van der Waals surface area contributed by atoms with Gasteiger partial charge in [-0.25, -0.2) is 0 Å². The second kappa shape index (κ2) is 4.53. The minimum atomic E-state index is -0.259. The van der Waals surface area contributed by atoms with Crippen LogP contribution in [0.2, 0.25) is 0 Å². The van der Waals surface area contributed by atoms with Gasteiger partial charge in [0.15, 0.2) is 11.5 Å². The summed E-state index contributed by atoms with van der Waals surface area (Å²) in [7, 11) is 1.51. The average molecular weight is 236 g/mol. The number of phenolic OH excluding ortho intramolecular Hbond substituents is 1. The molecule has 1 aliphatic heterocycles. The topological polar surface area (TPSA) is 75.8 Å². The van der Waals surface area contributed by atoms with Gasteiger partial charge in [-0.2, -0.15) is 0 Å². The zero-order valence-electron chi connectivity index (χ0n) is 9.72. The zero-order chi connectivity index (χ0) is 12.4. The number of anilines is 1. The number of hydrogen-bond donors (Lipinski definition) is 2. The molecule has 5 heteroatoms. The smallest absolute Gasteiger partial charge is 0.222 e. The maximum Gasteiger partial charge on any atom is 0.222 e. The lowest BCUT2D eigenvalue weighted by molar-refractivity contribution is -0.121. The number of ether oxygens (including phenoxy) is 1. The fourth-order valence-electron chi connectivity index (χ4n) is 2.10. The number of hydrogen-bond acceptors (Lipinski definition) is 4. The number of nitrogens with zero attached hydrogens (tertiary/aromatic N) is 1. The molecule has 0 bridgehead atoms. The maximum atomic E-state index is 11.1. The van der Waals surface area contributed by atoms with Crippen molar-refractivity contribution in [3.05, 3.63) is 18.2 Å². The number of carbonyl (C=O) groups excluding carboxylic acids is 1. The van der Waals surface area contributed by atoms with E-state index in [1.165, 1.54) is 7.11 Å². The summed E-state index contributed by atoms with van der Waals surface area (Å²) in [4.78, 5) is 13.1. The monoisotopic (exact) mass is 236 g/mol. The Hall–Kier alpha value is -1.91. The van der Waals surface area contributed by atoms with Crippen molar-refractivity contribution in [3.63, 3.8) is 0 Å². The molecule has 0 aliphatic carbocycles. The van der Waals surface area contributed by atoms with E-state index in [1.54, 1.807) is 12.1 Å². The zero-order valence-corrected chi connectivity index (χ0v) is 9.72. The van der Waals surface area contributed by atoms with Crippen LogP contribution in [-0.2, 0) is 4.79 Å². The van der Waals surface area contributed by atoms with Gasteiger partial charge in [-0.15, -0.1) is 0 Å². The molecular weight excluding hydrogens is 220 g/mol. The molecule has 17 heavy (non-hydrogen) atoms. The third kappa shape index (κ3) is 2.27. The molecular formula is C12H16N2O3. The summed E-state index contributed by atoms with van der Waals surface area (Å²) in [6.07, 6.45) is 0.766. The molecule has 0 aromatic heterocycles. The minimum absolute atomic E-state index is 0.0979. The molecule has 92 valence electrons. The van der Waals surface area contributed by atoms with Crippen molar-refractivity contribution in [2.75, 3.05) is 25.1 Å². The number of carbonyl (C=O) groups is 1. The van der Waals surface area contributed by atoms with Gasteiger partial charge in [0.2, 0.25) is 5.91 Å². The Morgan fingerprint density at radius 3 is 2.88 bits per heavy atom. The predicted molar refractivity (Wildman–Crippen MR) is 64.2 cm³/mol. The highest BCUT2D eigenvalue weighted by atomic mass is 16.5. The van der Waals surface area contributed by atoms with E-state index in [0.717, 1.165) is 18.7 Å². The quantitative estimate of drug-likeness (QED) is 0.810. The Morgan fingerprint density at radius 1 is 1.59 bits per heavy atom. The lowest BCUT2D eigenvalue weighted by atomic mass is 10.1. The number of primary amides is 1. The van der Waals surface area contributed by atoms with Crippen LogP contribution in [0.4, 0.5) is 5.69 Å². The van der Waals surface area contributed by atoms with Crippen LogP contribution in [0.3, 0.4) is 0 Å². The Kier molecular flexibility index (Phi) is 3.08. The number of nitrogens with two attached hydrogens (primary N) is 1. The minimum Gasteiger partial charge on any atom is -0.504 e. The molecule has 1 heterocycles. The van der Waals surface area contributed by atoms with Crippen molar-refractivity contribution in [1.82, 2.24) is 0 Å². The van der Waals surface area contributed by atoms with E-state index >= 15 is 0 Å². The SMILES string of the molecule is COc1ccc(N2CCC(C(N)=O)C2)cc1O. The van der Waals surface area contributed by atoms with Gasteiger partial charge in [-0.05, 0) is 18.6 Å². The molecule has 1 saturated heterocycles. The first-order valence-corrected chi connectivity index (χ1v) is 5.53. The van der Waals surface area contributed by atoms with Crippen LogP contribution in [-0.4, -0.2) is 31.2 Å². The summed E-state index contributed by atoms with van der Waals surface area (Å²) in [5.41, 5.74) is 6.16. The molecule has 1 atom stereocenters. The fraction of sp³-hybridized carbons (Fsp3) is 0.417. The molecule has 1 aliphatic rings. The lowest BCUT2D eigenvalue weighted by Gasteiger charge is -2.19. The van der Waals surface area contributed by atoms with Crippen LogP contribution < -0.4 is 15.4 Å². The van der Waals surface area contributed by atoms with Gasteiger partial charge in [-0.1, -0.05) is 0 Å². The summed E-state index contributed by atoms with van der Waals surface area (Å²) in [5.74, 6) is 0.191. The van der Waals surface area contributed by atoms with Crippen molar-refractivity contribution >= 4 is 11.6 Å². The molecule has 0 spiro atoms. The highest BCUT2D eigenvalue weighted by Crippen LogP contribution is 2.32. The van der Waals surface area contributed by atoms with Gasteiger partial charge in [0.1, 0.15) is 0 Å². The predicted octanol–water partition coefficient (Wildman–Crippen LogP) is 0.712. The molecule has 1 aromatic rings. The Bertz CT molecular complexity index is 434. The molecule has 2 rings (SSSR count). The van der Waals surface area contributed by atoms with Gasteiger partial charge in [0, 0.05) is 24.8 Å². The maximum absolute atomic E-state index is 11.1. The van der Waals surface area contributed by atoms with Crippen LogP contribution in [0.25, 0.3) is 0 Å². The molecule has 1 unspecified atom stereocenters. The number of methoxy groups -OCH3 is 1. The average Bonchev–Trinajstić information content (AvgIpc) is 2.78. The standard InChI is InChI=1S/C12H16N2O3/c1-17-11-3-2-9(6-10(11)15)14-5-4-8(7-14)12(13)16/h2-3,6,8,15H,4-5,7H2,1H3,(H2,13,16). The van der Waals surface area contributed by atoms with Crippen molar-refractivity contribution in [3.8, 4) is 11.5 Å². The highest BCUT2D eigenvalue weighted by Gasteiger charge is 2.26. The van der Waals surface area contributed by atoms with Gasteiger partial charge >= 0.3 is 0 Å². The second-order valence-electron chi connectivity index (χ2n) is 4.19. The van der Waals surface area contributed by atoms with Gasteiger partial charge in [0.05, 0.1) is 13.0 Å². The summed E-state index contributed by atoms with van der Waals surface area (Å²) in [6.45, 7) is 1.39. The molecule has 0 radical (unpaired) electrons. The summed E-state index contributed by atoms with van der Waals surface area (Å²) >= 11 is 0. The van der Waals surface area contributed by atoms with E-state index in [4.69, 9.17) is 10.5 Å². The Morgan fingerprint density at radius 2 is 2.35 bits per heavy atom. The van der Waals surface area contributed by atoms with E-state index in [0.29, 0.717) is 12.3 Å². The first-order valence-electron chi connectivity index (χ1n) is 5.53. The van der Waals surface area contributed by atoms with E-state index in [9.17, 15) is 9.90 Å². The van der Waals surface area contributed by atoms with Crippen molar-refractivity contribution in [1.29, 1.82) is 0 Å². The summed E-state index contributed by atoms with van der Waals surface area (Å²) in [5, 5.41) is 9.68. The van der Waals surface area contributed by atoms with E-state index in [1.807, 2.05) is 11.0 Å². The summed E-state index contributed by atoms with van der Waals surface area (Å²) < 4.78 is 4.98. The molecule has 5 nitrogen and oxygen atoms in total. The Labute approximate surface area is 99.8 Å². The van der Waals surface area contributed by atoms with Crippen molar-refractivity contribution in [2.24, 2.45) is 11.7 Å². The number of benzene rings is 1. The van der Waals surface area contributed by atoms with E-state index < -0.39 is 0 Å². The molecule has 1 amide bonds. The number of rotatable bonds is 3.